The van der Waals surface area contributed by atoms with E-state index in [1.807, 2.05) is 12.3 Å². The first-order valence-corrected chi connectivity index (χ1v) is 11.5. The van der Waals surface area contributed by atoms with Crippen molar-refractivity contribution in [3.63, 3.8) is 0 Å². The van der Waals surface area contributed by atoms with Crippen LogP contribution >= 0.6 is 0 Å². The summed E-state index contributed by atoms with van der Waals surface area (Å²) in [6.07, 6.45) is 1.96. The fourth-order valence-corrected chi connectivity index (χ4v) is 4.92. The molecule has 0 saturated carbocycles. The molecule has 166 valence electrons. The number of rotatable bonds is 7. The number of pyridine rings is 1. The Kier molecular flexibility index (Phi) is 7.51. The van der Waals surface area contributed by atoms with Crippen molar-refractivity contribution in [1.29, 1.82) is 0 Å². The van der Waals surface area contributed by atoms with Gasteiger partial charge in [-0.3, -0.25) is 9.69 Å². The lowest BCUT2D eigenvalue weighted by Crippen LogP contribution is -3.16. The molecule has 2 fully saturated rings. The Hall–Kier alpha value is -2.48. The Morgan fingerprint density at radius 1 is 1.06 bits per heavy atom. The van der Waals surface area contributed by atoms with E-state index in [9.17, 15) is 4.79 Å². The number of amides is 1. The van der Waals surface area contributed by atoms with Gasteiger partial charge in [-0.1, -0.05) is 36.4 Å². The monoisotopic (exact) mass is 426 g/mol. The molecule has 7 heteroatoms. The first-order valence-electron chi connectivity index (χ1n) is 11.5. The number of benzene rings is 1. The van der Waals surface area contributed by atoms with Crippen LogP contribution in [0.15, 0.2) is 54.7 Å². The average Bonchev–Trinajstić information content (AvgIpc) is 2.82. The summed E-state index contributed by atoms with van der Waals surface area (Å²) < 4.78 is 5.57. The molecule has 0 unspecified atom stereocenters. The van der Waals surface area contributed by atoms with Gasteiger partial charge in [-0.25, -0.2) is 4.98 Å². The van der Waals surface area contributed by atoms with Crippen molar-refractivity contribution in [3.05, 3.63) is 60.3 Å². The van der Waals surface area contributed by atoms with Gasteiger partial charge in [0.05, 0.1) is 25.5 Å². The van der Waals surface area contributed by atoms with E-state index in [-0.39, 0.29) is 18.0 Å². The highest BCUT2D eigenvalue weighted by Gasteiger charge is 2.33. The molecule has 0 radical (unpaired) electrons. The summed E-state index contributed by atoms with van der Waals surface area (Å²) in [5.41, 5.74) is 1.28. The van der Waals surface area contributed by atoms with Gasteiger partial charge in [0.1, 0.15) is 45.3 Å². The molecule has 2 aliphatic heterocycles. The van der Waals surface area contributed by atoms with E-state index in [4.69, 9.17) is 4.74 Å². The van der Waals surface area contributed by atoms with Gasteiger partial charge >= 0.3 is 0 Å². The molecule has 2 aliphatic rings. The number of hydrogen-bond donors (Lipinski definition) is 3. The highest BCUT2D eigenvalue weighted by Crippen LogP contribution is 2.14. The molecule has 0 spiro atoms. The van der Waals surface area contributed by atoms with Gasteiger partial charge in [-0.15, -0.1) is 0 Å². The summed E-state index contributed by atoms with van der Waals surface area (Å²) >= 11 is 0. The maximum absolute atomic E-state index is 12.9. The van der Waals surface area contributed by atoms with Gasteiger partial charge < -0.3 is 19.9 Å². The zero-order valence-electron chi connectivity index (χ0n) is 18.5. The molecule has 1 amide bonds. The largest absolute Gasteiger partial charge is 0.370 e. The Labute approximate surface area is 185 Å². The third kappa shape index (κ3) is 5.81. The minimum absolute atomic E-state index is 0.0719. The van der Waals surface area contributed by atoms with Crippen LogP contribution in [0, 0.1) is 0 Å². The van der Waals surface area contributed by atoms with Gasteiger partial charge in [-0.05, 0) is 13.0 Å². The van der Waals surface area contributed by atoms with Crippen LogP contribution in [0.25, 0.3) is 0 Å². The van der Waals surface area contributed by atoms with E-state index in [1.54, 1.807) is 0 Å². The number of anilines is 1. The molecule has 1 aromatic heterocycles. The average molecular weight is 427 g/mol. The maximum atomic E-state index is 12.9. The van der Waals surface area contributed by atoms with E-state index in [0.29, 0.717) is 6.54 Å². The Morgan fingerprint density at radius 2 is 1.77 bits per heavy atom. The van der Waals surface area contributed by atoms with E-state index in [0.717, 1.165) is 58.3 Å². The highest BCUT2D eigenvalue weighted by molar-refractivity contribution is 5.77. The molecule has 1 aromatic carbocycles. The van der Waals surface area contributed by atoms with Crippen molar-refractivity contribution in [3.8, 4) is 0 Å². The molecule has 3 heterocycles. The molecular weight excluding hydrogens is 390 g/mol. The fraction of sp³-hybridized carbons (Fsp3) is 0.500. The van der Waals surface area contributed by atoms with E-state index < -0.39 is 0 Å². The lowest BCUT2D eigenvalue weighted by molar-refractivity contribution is -0.940. The molecule has 2 saturated heterocycles. The number of carbonyl (C=O) groups excluding carboxylic acids is 1. The summed E-state index contributed by atoms with van der Waals surface area (Å²) in [7, 11) is 0. The smallest absolute Gasteiger partial charge is 0.275 e. The standard InChI is InChI=1S/C24H33N5O2/c1-20(24(21-7-3-2-4-8-21)29-15-17-31-18-16-29)26-23(30)19-27-11-13-28(14-12-27)22-9-5-6-10-25-22/h2-10,20,24H,11-19H2,1H3,(H,26,30)/p+3/t20-,24-/m0/s1. The molecular formula is C24H36N5O2+3. The summed E-state index contributed by atoms with van der Waals surface area (Å²) in [5.74, 6) is 1.30. The number of H-pyrrole nitrogens is 1. The minimum Gasteiger partial charge on any atom is -0.370 e. The van der Waals surface area contributed by atoms with Crippen molar-refractivity contribution < 1.29 is 24.3 Å². The van der Waals surface area contributed by atoms with Crippen molar-refractivity contribution in [2.75, 3.05) is 63.9 Å². The van der Waals surface area contributed by atoms with Gasteiger partial charge in [-0.2, -0.15) is 0 Å². The Balaban J connectivity index is 1.31. The molecule has 4 rings (SSSR count). The summed E-state index contributed by atoms with van der Waals surface area (Å²) in [4.78, 5) is 21.4. The Bertz CT molecular complexity index is 805. The van der Waals surface area contributed by atoms with Crippen molar-refractivity contribution in [1.82, 2.24) is 5.32 Å². The Morgan fingerprint density at radius 3 is 2.45 bits per heavy atom. The molecule has 4 N–H and O–H groups in total. The number of aromatic nitrogens is 1. The maximum Gasteiger partial charge on any atom is 0.275 e. The molecule has 31 heavy (non-hydrogen) atoms. The number of morpholine rings is 1. The van der Waals surface area contributed by atoms with E-state index >= 15 is 0 Å². The van der Waals surface area contributed by atoms with Crippen LogP contribution in [0.3, 0.4) is 0 Å². The van der Waals surface area contributed by atoms with Crippen LogP contribution in [0.2, 0.25) is 0 Å². The third-order valence-electron chi connectivity index (χ3n) is 6.54. The number of carbonyl (C=O) groups is 1. The molecule has 0 bridgehead atoms. The SMILES string of the molecule is C[C@H](NC(=O)C[NH+]1CCN(c2cccc[nH+]2)CC1)[C@@H](c1ccccc1)[NH+]1CCOCC1. The first kappa shape index (κ1) is 21.7. The van der Waals surface area contributed by atoms with Crippen LogP contribution in [0.5, 0.6) is 0 Å². The van der Waals surface area contributed by atoms with Crippen LogP contribution in [0.1, 0.15) is 18.5 Å². The van der Waals surface area contributed by atoms with Crippen molar-refractivity contribution >= 4 is 11.7 Å². The third-order valence-corrected chi connectivity index (χ3v) is 6.54. The van der Waals surface area contributed by atoms with Gasteiger partial charge in [0.2, 0.25) is 0 Å². The lowest BCUT2D eigenvalue weighted by Gasteiger charge is -2.35. The van der Waals surface area contributed by atoms with Gasteiger partial charge in [0.15, 0.2) is 6.54 Å². The number of hydrogen-bond acceptors (Lipinski definition) is 3. The number of aromatic amines is 1. The van der Waals surface area contributed by atoms with Crippen LogP contribution in [-0.4, -0.2) is 71.0 Å². The lowest BCUT2D eigenvalue weighted by atomic mass is 9.98. The second kappa shape index (κ2) is 10.7. The predicted molar refractivity (Wildman–Crippen MR) is 119 cm³/mol. The van der Waals surface area contributed by atoms with E-state index in [2.05, 4.69) is 64.6 Å². The second-order valence-corrected chi connectivity index (χ2v) is 8.68. The van der Waals surface area contributed by atoms with Crippen LogP contribution in [-0.2, 0) is 9.53 Å². The predicted octanol–water partition coefficient (Wildman–Crippen LogP) is -1.63. The van der Waals surface area contributed by atoms with Gasteiger partial charge in [0.25, 0.3) is 11.7 Å². The molecule has 7 nitrogen and oxygen atoms in total. The number of nitrogens with one attached hydrogen (secondary N) is 4. The van der Waals surface area contributed by atoms with Crippen molar-refractivity contribution in [2.24, 2.45) is 0 Å². The van der Waals surface area contributed by atoms with E-state index in [1.165, 1.54) is 15.4 Å². The fourth-order valence-electron chi connectivity index (χ4n) is 4.92. The highest BCUT2D eigenvalue weighted by atomic mass is 16.5. The zero-order chi connectivity index (χ0) is 21.5. The normalized spacial score (nSPS) is 20.2. The molecule has 0 aliphatic carbocycles. The number of ether oxygens (including phenoxy) is 1. The van der Waals surface area contributed by atoms with Crippen LogP contribution in [0.4, 0.5) is 5.82 Å². The number of quaternary nitrogens is 2. The second-order valence-electron chi connectivity index (χ2n) is 8.68. The number of nitrogens with zero attached hydrogens (tertiary/aromatic N) is 1. The topological polar surface area (TPSA) is 64.6 Å². The minimum atomic E-state index is 0.0719. The summed E-state index contributed by atoms with van der Waals surface area (Å²) in [6, 6.07) is 17.1. The summed E-state index contributed by atoms with van der Waals surface area (Å²) in [6.45, 7) is 10.1. The number of piperazine rings is 1. The molecule has 2 atom stereocenters. The van der Waals surface area contributed by atoms with Crippen molar-refractivity contribution in [2.45, 2.75) is 19.0 Å². The molecule has 2 aromatic rings. The quantitative estimate of drug-likeness (QED) is 0.498. The van der Waals surface area contributed by atoms with Crippen LogP contribution < -0.4 is 25.0 Å². The zero-order valence-corrected chi connectivity index (χ0v) is 18.5. The summed E-state index contributed by atoms with van der Waals surface area (Å²) in [5, 5.41) is 3.32. The first-order chi connectivity index (χ1) is 15.2. The van der Waals surface area contributed by atoms with Gasteiger partial charge in [0, 0.05) is 11.6 Å².